The molecule has 0 bridgehead atoms. The summed E-state index contributed by atoms with van der Waals surface area (Å²) in [5.74, 6) is 1.50. The summed E-state index contributed by atoms with van der Waals surface area (Å²) in [5, 5.41) is 12.8. The van der Waals surface area contributed by atoms with E-state index in [9.17, 15) is 5.26 Å². The van der Waals surface area contributed by atoms with Gasteiger partial charge in [-0.25, -0.2) is 4.98 Å². The van der Waals surface area contributed by atoms with Gasteiger partial charge in [0.25, 0.3) is 0 Å². The van der Waals surface area contributed by atoms with Gasteiger partial charge in [0, 0.05) is 24.8 Å². The van der Waals surface area contributed by atoms with E-state index >= 15 is 0 Å². The summed E-state index contributed by atoms with van der Waals surface area (Å²) >= 11 is 0. The molecule has 0 saturated carbocycles. The highest BCUT2D eigenvalue weighted by Crippen LogP contribution is 2.24. The van der Waals surface area contributed by atoms with Crippen LogP contribution in [0.5, 0.6) is 0 Å². The fraction of sp³-hybridized carbons (Fsp3) is 0.625. The summed E-state index contributed by atoms with van der Waals surface area (Å²) in [4.78, 5) is 6.86. The Morgan fingerprint density at radius 1 is 1.50 bits per heavy atom. The molecule has 0 radical (unpaired) electrons. The number of piperidine rings is 1. The molecular weight excluding hydrogens is 248 g/mol. The average molecular weight is 272 g/mol. The van der Waals surface area contributed by atoms with E-state index < -0.39 is 0 Å². The van der Waals surface area contributed by atoms with Crippen molar-refractivity contribution in [2.24, 2.45) is 5.92 Å². The topological polar surface area (TPSA) is 52.0 Å². The molecule has 1 aromatic rings. The molecule has 1 aromatic heterocycles. The van der Waals surface area contributed by atoms with Gasteiger partial charge in [-0.15, -0.1) is 0 Å². The number of nitriles is 1. The molecular formula is C16H24N4. The molecule has 1 atom stereocenters. The van der Waals surface area contributed by atoms with Gasteiger partial charge >= 0.3 is 0 Å². The summed E-state index contributed by atoms with van der Waals surface area (Å²) in [6, 6.07) is 6.58. The Hall–Kier alpha value is -1.60. The van der Waals surface area contributed by atoms with E-state index in [2.05, 4.69) is 35.1 Å². The lowest BCUT2D eigenvalue weighted by atomic mass is 9.97. The van der Waals surface area contributed by atoms with Crippen molar-refractivity contribution in [1.29, 1.82) is 5.26 Å². The van der Waals surface area contributed by atoms with Crippen molar-refractivity contribution in [3.8, 4) is 6.07 Å². The maximum atomic E-state index is 9.25. The van der Waals surface area contributed by atoms with Gasteiger partial charge in [-0.3, -0.25) is 0 Å². The molecule has 1 saturated heterocycles. The minimum absolute atomic E-state index is 0.525. The Kier molecular flexibility index (Phi) is 4.97. The summed E-state index contributed by atoms with van der Waals surface area (Å²) < 4.78 is 0. The third kappa shape index (κ3) is 3.71. The molecule has 1 aliphatic rings. The number of nitrogens with zero attached hydrogens (tertiary/aromatic N) is 3. The number of pyridine rings is 1. The van der Waals surface area contributed by atoms with Crippen LogP contribution in [0.2, 0.25) is 0 Å². The standard InChI is InChI=1S/C16H24N4/c1-12(2)18-10-14-5-4-8-20(11-14)16-15(9-17)7-6-13(3)19-16/h6-7,12,14,18H,4-5,8,10-11H2,1-3H3. The summed E-state index contributed by atoms with van der Waals surface area (Å²) in [6.07, 6.45) is 2.43. The van der Waals surface area contributed by atoms with Gasteiger partial charge in [0.15, 0.2) is 0 Å². The largest absolute Gasteiger partial charge is 0.355 e. The minimum Gasteiger partial charge on any atom is -0.355 e. The maximum Gasteiger partial charge on any atom is 0.146 e. The lowest BCUT2D eigenvalue weighted by Crippen LogP contribution is -2.41. The quantitative estimate of drug-likeness (QED) is 0.915. The number of aromatic nitrogens is 1. The molecule has 108 valence electrons. The van der Waals surface area contributed by atoms with Crippen LogP contribution >= 0.6 is 0 Å². The molecule has 0 aromatic carbocycles. The summed E-state index contributed by atoms with van der Waals surface area (Å²) in [5.41, 5.74) is 1.66. The fourth-order valence-electron chi connectivity index (χ4n) is 2.70. The van der Waals surface area contributed by atoms with Gasteiger partial charge < -0.3 is 10.2 Å². The first-order valence-corrected chi connectivity index (χ1v) is 7.46. The molecule has 1 aliphatic heterocycles. The summed E-state index contributed by atoms with van der Waals surface area (Å²) in [6.45, 7) is 9.37. The Bertz CT molecular complexity index is 490. The number of hydrogen-bond acceptors (Lipinski definition) is 4. The monoisotopic (exact) mass is 272 g/mol. The number of rotatable bonds is 4. The van der Waals surface area contributed by atoms with E-state index in [1.54, 1.807) is 0 Å². The van der Waals surface area contributed by atoms with Crippen LogP contribution in [-0.4, -0.2) is 30.7 Å². The molecule has 1 unspecified atom stereocenters. The first kappa shape index (κ1) is 14.8. The van der Waals surface area contributed by atoms with Crippen molar-refractivity contribution < 1.29 is 0 Å². The Morgan fingerprint density at radius 3 is 3.00 bits per heavy atom. The molecule has 4 nitrogen and oxygen atoms in total. The predicted octanol–water partition coefficient (Wildman–Crippen LogP) is 2.48. The normalized spacial score (nSPS) is 19.1. The molecule has 2 heterocycles. The van der Waals surface area contributed by atoms with E-state index in [1.807, 2.05) is 19.1 Å². The van der Waals surface area contributed by atoms with E-state index in [4.69, 9.17) is 0 Å². The van der Waals surface area contributed by atoms with E-state index in [0.717, 1.165) is 31.1 Å². The van der Waals surface area contributed by atoms with Crippen molar-refractivity contribution in [3.05, 3.63) is 23.4 Å². The van der Waals surface area contributed by atoms with Crippen LogP contribution in [0.25, 0.3) is 0 Å². The Labute approximate surface area is 121 Å². The van der Waals surface area contributed by atoms with Crippen LogP contribution in [0.1, 0.15) is 37.9 Å². The van der Waals surface area contributed by atoms with Crippen molar-refractivity contribution in [2.45, 2.75) is 39.7 Å². The smallest absolute Gasteiger partial charge is 0.146 e. The zero-order chi connectivity index (χ0) is 14.5. The zero-order valence-electron chi connectivity index (χ0n) is 12.7. The van der Waals surface area contributed by atoms with Gasteiger partial charge in [-0.2, -0.15) is 5.26 Å². The number of hydrogen-bond donors (Lipinski definition) is 1. The third-order valence-electron chi connectivity index (χ3n) is 3.77. The summed E-state index contributed by atoms with van der Waals surface area (Å²) in [7, 11) is 0. The van der Waals surface area contributed by atoms with E-state index in [0.29, 0.717) is 17.5 Å². The van der Waals surface area contributed by atoms with Crippen LogP contribution in [0.4, 0.5) is 5.82 Å². The van der Waals surface area contributed by atoms with Crippen LogP contribution in [0, 0.1) is 24.2 Å². The van der Waals surface area contributed by atoms with Gasteiger partial charge in [0.05, 0.1) is 5.56 Å². The molecule has 1 fully saturated rings. The number of aryl methyl sites for hydroxylation is 1. The van der Waals surface area contributed by atoms with Crippen LogP contribution in [-0.2, 0) is 0 Å². The first-order chi connectivity index (χ1) is 9.60. The predicted molar refractivity (Wildman–Crippen MR) is 81.8 cm³/mol. The van der Waals surface area contributed by atoms with Gasteiger partial charge in [-0.05, 0) is 44.4 Å². The second kappa shape index (κ2) is 6.71. The molecule has 0 spiro atoms. The Balaban J connectivity index is 2.09. The van der Waals surface area contributed by atoms with Gasteiger partial charge in [0.2, 0.25) is 0 Å². The molecule has 0 aliphatic carbocycles. The second-order valence-electron chi connectivity index (χ2n) is 5.95. The zero-order valence-corrected chi connectivity index (χ0v) is 12.7. The van der Waals surface area contributed by atoms with Crippen LogP contribution < -0.4 is 10.2 Å². The maximum absolute atomic E-state index is 9.25. The molecule has 20 heavy (non-hydrogen) atoms. The SMILES string of the molecule is Cc1ccc(C#N)c(N2CCCC(CNC(C)C)C2)n1. The van der Waals surface area contributed by atoms with Crippen molar-refractivity contribution in [3.63, 3.8) is 0 Å². The van der Waals surface area contributed by atoms with Crippen molar-refractivity contribution in [2.75, 3.05) is 24.5 Å². The average Bonchev–Trinajstić information content (AvgIpc) is 2.45. The molecule has 1 N–H and O–H groups in total. The number of nitrogens with one attached hydrogen (secondary N) is 1. The van der Waals surface area contributed by atoms with Gasteiger partial charge in [0.1, 0.15) is 11.9 Å². The fourth-order valence-corrected chi connectivity index (χ4v) is 2.70. The first-order valence-electron chi connectivity index (χ1n) is 7.46. The highest BCUT2D eigenvalue weighted by atomic mass is 15.2. The van der Waals surface area contributed by atoms with Crippen molar-refractivity contribution in [1.82, 2.24) is 10.3 Å². The second-order valence-corrected chi connectivity index (χ2v) is 5.95. The third-order valence-corrected chi connectivity index (χ3v) is 3.77. The number of anilines is 1. The Morgan fingerprint density at radius 2 is 2.30 bits per heavy atom. The van der Waals surface area contributed by atoms with Crippen molar-refractivity contribution >= 4 is 5.82 Å². The van der Waals surface area contributed by atoms with Crippen LogP contribution in [0.3, 0.4) is 0 Å². The highest BCUT2D eigenvalue weighted by Gasteiger charge is 2.22. The lowest BCUT2D eigenvalue weighted by molar-refractivity contribution is 0.378. The lowest BCUT2D eigenvalue weighted by Gasteiger charge is -2.34. The molecule has 0 amide bonds. The minimum atomic E-state index is 0.525. The van der Waals surface area contributed by atoms with E-state index in [-0.39, 0.29) is 0 Å². The van der Waals surface area contributed by atoms with Gasteiger partial charge in [-0.1, -0.05) is 13.8 Å². The van der Waals surface area contributed by atoms with E-state index in [1.165, 1.54) is 12.8 Å². The highest BCUT2D eigenvalue weighted by molar-refractivity contribution is 5.54. The molecule has 4 heteroatoms. The van der Waals surface area contributed by atoms with Crippen LogP contribution in [0.15, 0.2) is 12.1 Å². The molecule has 2 rings (SSSR count).